The molecule has 1 aromatic rings. The largest absolute Gasteiger partial charge is 1.00 e. The first-order valence-corrected chi connectivity index (χ1v) is 3.84. The van der Waals surface area contributed by atoms with E-state index in [2.05, 4.69) is 0 Å². The SMILES string of the molecule is CCC(=O)c1c(O)cc(O)cc1O.[Li+]. The number of hydrogen-bond donors (Lipinski definition) is 3. The van der Waals surface area contributed by atoms with Crippen LogP contribution in [0.15, 0.2) is 12.1 Å². The van der Waals surface area contributed by atoms with Gasteiger partial charge in [0.1, 0.15) is 22.8 Å². The van der Waals surface area contributed by atoms with E-state index in [0.717, 1.165) is 12.1 Å². The average Bonchev–Trinajstić information content (AvgIpc) is 2.02. The molecule has 0 saturated carbocycles. The second kappa shape index (κ2) is 4.94. The van der Waals surface area contributed by atoms with Gasteiger partial charge in [-0.1, -0.05) is 6.92 Å². The molecule has 0 aromatic heterocycles. The maximum Gasteiger partial charge on any atom is 1.00 e. The fourth-order valence-electron chi connectivity index (χ4n) is 1.06. The summed E-state index contributed by atoms with van der Waals surface area (Å²) in [5, 5.41) is 27.4. The van der Waals surface area contributed by atoms with Crippen LogP contribution in [-0.2, 0) is 0 Å². The zero-order valence-corrected chi connectivity index (χ0v) is 8.11. The molecular formula is C9H10LiO4+. The maximum absolute atomic E-state index is 11.2. The van der Waals surface area contributed by atoms with E-state index in [0.29, 0.717) is 0 Å². The smallest absolute Gasteiger partial charge is 0.508 e. The van der Waals surface area contributed by atoms with Gasteiger partial charge in [0.05, 0.1) is 0 Å². The monoisotopic (exact) mass is 189 g/mol. The van der Waals surface area contributed by atoms with E-state index >= 15 is 0 Å². The van der Waals surface area contributed by atoms with Crippen molar-refractivity contribution in [1.29, 1.82) is 0 Å². The van der Waals surface area contributed by atoms with Gasteiger partial charge in [-0.15, -0.1) is 0 Å². The Labute approximate surface area is 93.4 Å². The molecule has 1 rings (SSSR count). The van der Waals surface area contributed by atoms with Crippen LogP contribution in [0.5, 0.6) is 17.2 Å². The van der Waals surface area contributed by atoms with Crippen molar-refractivity contribution < 1.29 is 39.0 Å². The Balaban J connectivity index is 0.00000169. The summed E-state index contributed by atoms with van der Waals surface area (Å²) in [5.74, 6) is -1.44. The van der Waals surface area contributed by atoms with Crippen molar-refractivity contribution >= 4 is 5.78 Å². The van der Waals surface area contributed by atoms with Gasteiger partial charge in [0.15, 0.2) is 5.78 Å². The van der Waals surface area contributed by atoms with E-state index in [1.54, 1.807) is 6.92 Å². The molecule has 4 nitrogen and oxygen atoms in total. The Morgan fingerprint density at radius 1 is 1.21 bits per heavy atom. The Kier molecular flexibility index (Phi) is 4.55. The van der Waals surface area contributed by atoms with Gasteiger partial charge in [0.25, 0.3) is 0 Å². The van der Waals surface area contributed by atoms with Crippen LogP contribution < -0.4 is 18.9 Å². The zero-order valence-electron chi connectivity index (χ0n) is 8.11. The topological polar surface area (TPSA) is 77.8 Å². The van der Waals surface area contributed by atoms with Crippen molar-refractivity contribution in [1.82, 2.24) is 0 Å². The quantitative estimate of drug-likeness (QED) is 0.387. The number of carbonyl (C=O) groups excluding carboxylic acids is 1. The fraction of sp³-hybridized carbons (Fsp3) is 0.222. The summed E-state index contributed by atoms with van der Waals surface area (Å²) in [6.45, 7) is 1.62. The molecule has 1 aromatic carbocycles. The van der Waals surface area contributed by atoms with Gasteiger partial charge in [-0.3, -0.25) is 4.79 Å². The van der Waals surface area contributed by atoms with Gasteiger partial charge >= 0.3 is 18.9 Å². The average molecular weight is 189 g/mol. The second-order valence-corrected chi connectivity index (χ2v) is 2.64. The number of aromatic hydroxyl groups is 3. The molecule has 0 amide bonds. The molecule has 3 N–H and O–H groups in total. The number of hydrogen-bond acceptors (Lipinski definition) is 4. The molecule has 0 saturated heterocycles. The summed E-state index contributed by atoms with van der Waals surface area (Å²) >= 11 is 0. The number of phenols is 3. The van der Waals surface area contributed by atoms with Crippen molar-refractivity contribution in [2.75, 3.05) is 0 Å². The van der Waals surface area contributed by atoms with Crippen molar-refractivity contribution in [3.05, 3.63) is 17.7 Å². The summed E-state index contributed by atoms with van der Waals surface area (Å²) < 4.78 is 0. The van der Waals surface area contributed by atoms with Crippen molar-refractivity contribution in [3.8, 4) is 17.2 Å². The van der Waals surface area contributed by atoms with Crippen LogP contribution in [0.4, 0.5) is 0 Å². The molecule has 0 aliphatic heterocycles. The summed E-state index contributed by atoms with van der Waals surface area (Å²) in [7, 11) is 0. The molecule has 0 bridgehead atoms. The Morgan fingerprint density at radius 2 is 1.64 bits per heavy atom. The Hall–Kier alpha value is -1.11. The van der Waals surface area contributed by atoms with Gasteiger partial charge < -0.3 is 15.3 Å². The Bertz CT molecular complexity index is 326. The summed E-state index contributed by atoms with van der Waals surface area (Å²) in [5.41, 5.74) is -0.139. The molecule has 0 atom stereocenters. The molecule has 14 heavy (non-hydrogen) atoms. The van der Waals surface area contributed by atoms with Crippen LogP contribution in [0.3, 0.4) is 0 Å². The van der Waals surface area contributed by atoms with Gasteiger partial charge in [-0.05, 0) is 0 Å². The third-order valence-electron chi connectivity index (χ3n) is 1.68. The minimum Gasteiger partial charge on any atom is -0.508 e. The van der Waals surface area contributed by atoms with Crippen LogP contribution in [0.1, 0.15) is 23.7 Å². The first-order valence-electron chi connectivity index (χ1n) is 3.84. The normalized spacial score (nSPS) is 9.21. The van der Waals surface area contributed by atoms with Crippen LogP contribution >= 0.6 is 0 Å². The number of rotatable bonds is 2. The van der Waals surface area contributed by atoms with Crippen molar-refractivity contribution in [2.45, 2.75) is 13.3 Å². The number of phenolic OH excluding ortho intramolecular Hbond substituents is 3. The summed E-state index contributed by atoms with van der Waals surface area (Å²) in [6, 6.07) is 2.03. The summed E-state index contributed by atoms with van der Waals surface area (Å²) in [4.78, 5) is 11.2. The Morgan fingerprint density at radius 3 is 2.00 bits per heavy atom. The molecule has 0 fully saturated rings. The van der Waals surface area contributed by atoms with Crippen LogP contribution in [0, 0.1) is 0 Å². The van der Waals surface area contributed by atoms with E-state index in [4.69, 9.17) is 5.11 Å². The molecule has 0 spiro atoms. The number of carbonyl (C=O) groups is 1. The fourth-order valence-corrected chi connectivity index (χ4v) is 1.06. The molecule has 70 valence electrons. The zero-order chi connectivity index (χ0) is 10.0. The van der Waals surface area contributed by atoms with Gasteiger partial charge in [0, 0.05) is 18.6 Å². The third kappa shape index (κ3) is 2.44. The minimum atomic E-state index is -0.399. The van der Waals surface area contributed by atoms with Crippen LogP contribution in [0.2, 0.25) is 0 Å². The predicted molar refractivity (Wildman–Crippen MR) is 46.1 cm³/mol. The molecule has 0 unspecified atom stereocenters. The van der Waals surface area contributed by atoms with Crippen LogP contribution in [-0.4, -0.2) is 21.1 Å². The summed E-state index contributed by atoms with van der Waals surface area (Å²) in [6.07, 6.45) is 0.186. The van der Waals surface area contributed by atoms with E-state index in [1.165, 1.54) is 0 Å². The van der Waals surface area contributed by atoms with E-state index in [9.17, 15) is 15.0 Å². The number of Topliss-reactive ketones (excluding diaryl/α,β-unsaturated/α-hetero) is 1. The molecular weight excluding hydrogens is 179 g/mol. The first kappa shape index (κ1) is 12.9. The molecule has 0 aliphatic carbocycles. The second-order valence-electron chi connectivity index (χ2n) is 2.64. The standard InChI is InChI=1S/C9H10O4.Li/c1-2-6(11)9-7(12)3-5(10)4-8(9)13;/h3-4,10,12-13H,2H2,1H3;/q;+1. The number of ketones is 1. The molecule has 0 heterocycles. The number of benzene rings is 1. The van der Waals surface area contributed by atoms with E-state index in [1.807, 2.05) is 0 Å². The maximum atomic E-state index is 11.2. The van der Waals surface area contributed by atoms with Crippen molar-refractivity contribution in [3.63, 3.8) is 0 Å². The first-order chi connectivity index (χ1) is 6.06. The van der Waals surface area contributed by atoms with Crippen molar-refractivity contribution in [2.24, 2.45) is 0 Å². The van der Waals surface area contributed by atoms with E-state index in [-0.39, 0.29) is 42.4 Å². The molecule has 0 aliphatic rings. The predicted octanol–water partition coefficient (Wildman–Crippen LogP) is -1.60. The molecule has 0 radical (unpaired) electrons. The minimum absolute atomic E-state index is 0. The molecule has 5 heteroatoms. The van der Waals surface area contributed by atoms with Gasteiger partial charge in [-0.2, -0.15) is 0 Å². The van der Waals surface area contributed by atoms with Crippen LogP contribution in [0.25, 0.3) is 0 Å². The van der Waals surface area contributed by atoms with E-state index < -0.39 is 11.5 Å². The van der Waals surface area contributed by atoms with Gasteiger partial charge in [-0.25, -0.2) is 0 Å². The third-order valence-corrected chi connectivity index (χ3v) is 1.68. The van der Waals surface area contributed by atoms with Gasteiger partial charge in [0.2, 0.25) is 0 Å².